The molecule has 0 saturated heterocycles. The molecule has 0 aliphatic rings. The summed E-state index contributed by atoms with van der Waals surface area (Å²) < 4.78 is 24.1. The van der Waals surface area contributed by atoms with Gasteiger partial charge in [0, 0.05) is 11.5 Å². The molecule has 8 nitrogen and oxygen atoms in total. The van der Waals surface area contributed by atoms with Crippen molar-refractivity contribution < 1.29 is 18.7 Å². The number of nitrogens with one attached hydrogen (secondary N) is 1. The number of carbonyl (C=O) groups is 1. The number of aromatic nitrogens is 4. The highest BCUT2D eigenvalue weighted by Crippen LogP contribution is 2.33. The second-order valence-electron chi connectivity index (χ2n) is 5.65. The second kappa shape index (κ2) is 8.26. The molecular weight excluding hydrogens is 353 g/mol. The number of nitrogens with zero attached hydrogens (tertiary/aromatic N) is 4. The topological polar surface area (TPSA) is 100 Å². The molecule has 1 aromatic heterocycles. The minimum atomic E-state index is -0.802. The van der Waals surface area contributed by atoms with E-state index in [4.69, 9.17) is 9.47 Å². The molecule has 0 bridgehead atoms. The Morgan fingerprint density at radius 1 is 1.22 bits per heavy atom. The molecule has 140 valence electrons. The van der Waals surface area contributed by atoms with E-state index >= 15 is 0 Å². The number of para-hydroxylation sites is 1. The van der Waals surface area contributed by atoms with Gasteiger partial charge in [0.2, 0.25) is 5.91 Å². The zero-order chi connectivity index (χ0) is 19.2. The highest BCUT2D eigenvalue weighted by Gasteiger charge is 2.24. The van der Waals surface area contributed by atoms with Gasteiger partial charge in [-0.2, -0.15) is 5.21 Å². The van der Waals surface area contributed by atoms with Crippen LogP contribution in [0.25, 0.3) is 0 Å². The number of methoxy groups -OCH3 is 2. The molecule has 9 heteroatoms. The van der Waals surface area contributed by atoms with E-state index in [0.29, 0.717) is 17.2 Å². The fourth-order valence-electron chi connectivity index (χ4n) is 2.72. The molecule has 3 aromatic rings. The summed E-state index contributed by atoms with van der Waals surface area (Å²) in [6.45, 7) is 0. The summed E-state index contributed by atoms with van der Waals surface area (Å²) in [6, 6.07) is 11.0. The smallest absolute Gasteiger partial charge is 0.232 e. The first-order valence-corrected chi connectivity index (χ1v) is 8.07. The first kappa shape index (κ1) is 18.3. The lowest BCUT2D eigenvalue weighted by Crippen LogP contribution is -2.24. The van der Waals surface area contributed by atoms with Crippen LogP contribution in [-0.4, -0.2) is 35.7 Å². The summed E-state index contributed by atoms with van der Waals surface area (Å²) in [5, 5.41) is 17.2. The highest BCUT2D eigenvalue weighted by atomic mass is 19.1. The van der Waals surface area contributed by atoms with Gasteiger partial charge in [0.05, 0.1) is 20.1 Å². The third-order valence-electron chi connectivity index (χ3n) is 3.96. The van der Waals surface area contributed by atoms with Gasteiger partial charge in [-0.25, -0.2) is 4.39 Å². The van der Waals surface area contributed by atoms with Crippen LogP contribution >= 0.6 is 0 Å². The lowest BCUT2D eigenvalue weighted by molar-refractivity contribution is -0.117. The minimum Gasteiger partial charge on any atom is -0.493 e. The van der Waals surface area contributed by atoms with Crippen LogP contribution in [0.1, 0.15) is 17.3 Å². The van der Waals surface area contributed by atoms with Gasteiger partial charge < -0.3 is 19.9 Å². The molecule has 0 radical (unpaired) electrons. The molecule has 1 heterocycles. The average Bonchev–Trinajstić information content (AvgIpc) is 3.20. The van der Waals surface area contributed by atoms with Gasteiger partial charge in [-0.15, -0.1) is 0 Å². The van der Waals surface area contributed by atoms with Crippen molar-refractivity contribution in [3.8, 4) is 11.5 Å². The Labute approximate surface area is 154 Å². The fourth-order valence-corrected chi connectivity index (χ4v) is 2.72. The quantitative estimate of drug-likeness (QED) is 0.678. The second-order valence-corrected chi connectivity index (χ2v) is 5.65. The number of ether oxygens (including phenoxy) is 2. The Morgan fingerprint density at radius 3 is 2.70 bits per heavy atom. The van der Waals surface area contributed by atoms with Crippen molar-refractivity contribution >= 4 is 11.6 Å². The molecule has 27 heavy (non-hydrogen) atoms. The van der Waals surface area contributed by atoms with Crippen LogP contribution in [0.15, 0.2) is 42.5 Å². The number of rotatable bonds is 7. The molecule has 3 rings (SSSR count). The van der Waals surface area contributed by atoms with Crippen LogP contribution in [0.2, 0.25) is 0 Å². The zero-order valence-electron chi connectivity index (χ0n) is 14.7. The van der Waals surface area contributed by atoms with Crippen molar-refractivity contribution in [1.29, 1.82) is 0 Å². The van der Waals surface area contributed by atoms with Crippen LogP contribution in [0.4, 0.5) is 10.1 Å². The summed E-state index contributed by atoms with van der Waals surface area (Å²) in [6.07, 6.45) is 0.217. The molecule has 1 N–H and O–H groups in total. The van der Waals surface area contributed by atoms with Crippen molar-refractivity contribution in [2.75, 3.05) is 19.5 Å². The number of halogens is 1. The first-order chi connectivity index (χ1) is 13.1. The summed E-state index contributed by atoms with van der Waals surface area (Å²) in [5.41, 5.74) is 1.05. The predicted octanol–water partition coefficient (Wildman–Crippen LogP) is 1.95. The number of benzene rings is 2. The molecule has 0 spiro atoms. The van der Waals surface area contributed by atoms with Gasteiger partial charge in [0.25, 0.3) is 0 Å². The monoisotopic (exact) mass is 370 g/mol. The molecule has 0 aliphatic carbocycles. The summed E-state index contributed by atoms with van der Waals surface area (Å²) in [7, 11) is 3.05. The van der Waals surface area contributed by atoms with E-state index in [-0.39, 0.29) is 12.2 Å². The van der Waals surface area contributed by atoms with Crippen molar-refractivity contribution in [3.63, 3.8) is 0 Å². The average molecular weight is 370 g/mol. The van der Waals surface area contributed by atoms with Gasteiger partial charge in [-0.1, -0.05) is 18.2 Å². The number of carbonyl (C=O) groups excluding carboxylic acids is 1. The van der Waals surface area contributed by atoms with Crippen molar-refractivity contribution in [1.82, 2.24) is 20.6 Å². The van der Waals surface area contributed by atoms with Crippen molar-refractivity contribution in [2.45, 2.75) is 12.3 Å². The van der Waals surface area contributed by atoms with E-state index in [2.05, 4.69) is 25.9 Å². The maximum atomic E-state index is 13.4. The predicted molar refractivity (Wildman–Crippen MR) is 94.2 cm³/mol. The van der Waals surface area contributed by atoms with Gasteiger partial charge in [-0.3, -0.25) is 15.1 Å². The molecular formula is C18H17FN5O3-. The summed E-state index contributed by atoms with van der Waals surface area (Å²) >= 11 is 0. The van der Waals surface area contributed by atoms with E-state index in [0.717, 1.165) is 5.56 Å². The van der Waals surface area contributed by atoms with Crippen LogP contribution < -0.4 is 19.9 Å². The molecule has 0 unspecified atom stereocenters. The summed E-state index contributed by atoms with van der Waals surface area (Å²) in [5.74, 6) is -0.458. The highest BCUT2D eigenvalue weighted by molar-refractivity contribution is 5.95. The van der Waals surface area contributed by atoms with E-state index in [1.165, 1.54) is 32.4 Å². The maximum Gasteiger partial charge on any atom is 0.232 e. The lowest BCUT2D eigenvalue weighted by Gasteiger charge is -2.19. The molecule has 1 atom stereocenters. The Balaban J connectivity index is 1.90. The van der Waals surface area contributed by atoms with E-state index in [9.17, 15) is 9.18 Å². The van der Waals surface area contributed by atoms with Crippen molar-refractivity contribution in [2.24, 2.45) is 0 Å². The molecule has 0 fully saturated rings. The van der Waals surface area contributed by atoms with Crippen LogP contribution in [0.5, 0.6) is 11.5 Å². The Hall–Kier alpha value is -3.49. The molecule has 0 saturated carbocycles. The minimum absolute atomic E-state index is 0.161. The third-order valence-corrected chi connectivity index (χ3v) is 3.96. The van der Waals surface area contributed by atoms with E-state index in [1.54, 1.807) is 18.2 Å². The standard InChI is InChI=1S/C18H18FN5O3/c1-26-15-8-3-5-11(16(15)27-2)9-14(17-21-23-24-22-17)18(25)20-13-7-4-6-12(19)10-13/h3-8,10,14H,9H2,1-2H3,(H2,20,21,22,23,24,25)/p-1/t14-/m1/s1. The van der Waals surface area contributed by atoms with E-state index in [1.807, 2.05) is 6.07 Å². The number of hydrogen-bond donors (Lipinski definition) is 1. The Bertz CT molecular complexity index is 917. The SMILES string of the molecule is COc1cccc(C[C@@H](C(=O)Nc2cccc(F)c2)c2nnn[n-]2)c1OC. The van der Waals surface area contributed by atoms with Crippen LogP contribution in [0.3, 0.4) is 0 Å². The maximum absolute atomic E-state index is 13.4. The number of tetrazole rings is 1. The first-order valence-electron chi connectivity index (χ1n) is 8.07. The normalized spacial score (nSPS) is 11.7. The van der Waals surface area contributed by atoms with Gasteiger partial charge in [0.1, 0.15) is 5.82 Å². The third kappa shape index (κ3) is 4.20. The van der Waals surface area contributed by atoms with Crippen LogP contribution in [0, 0.1) is 5.82 Å². The Morgan fingerprint density at radius 2 is 2.04 bits per heavy atom. The van der Waals surface area contributed by atoms with Gasteiger partial charge in [0.15, 0.2) is 11.5 Å². The largest absolute Gasteiger partial charge is 0.493 e. The van der Waals surface area contributed by atoms with E-state index < -0.39 is 17.6 Å². The molecule has 1 amide bonds. The molecule has 0 aliphatic heterocycles. The fraction of sp³-hybridized carbons (Fsp3) is 0.222. The number of amides is 1. The zero-order valence-corrected chi connectivity index (χ0v) is 14.7. The number of hydrogen-bond acceptors (Lipinski definition) is 6. The van der Waals surface area contributed by atoms with Crippen molar-refractivity contribution in [3.05, 3.63) is 59.7 Å². The Kier molecular flexibility index (Phi) is 5.60. The van der Waals surface area contributed by atoms with Crippen LogP contribution in [-0.2, 0) is 11.2 Å². The molecule has 2 aromatic carbocycles. The summed E-state index contributed by atoms with van der Waals surface area (Å²) in [4.78, 5) is 12.8. The van der Waals surface area contributed by atoms with Gasteiger partial charge in [-0.05, 0) is 36.2 Å². The van der Waals surface area contributed by atoms with Gasteiger partial charge >= 0.3 is 0 Å². The lowest BCUT2D eigenvalue weighted by atomic mass is 9.96. The number of anilines is 1.